The maximum atomic E-state index is 13.6. The predicted molar refractivity (Wildman–Crippen MR) is 71.2 cm³/mol. The van der Waals surface area contributed by atoms with E-state index in [0.717, 1.165) is 0 Å². The number of nitrogens with zero attached hydrogens (tertiary/aromatic N) is 1. The van der Waals surface area contributed by atoms with Crippen molar-refractivity contribution in [3.63, 3.8) is 0 Å². The Balaban J connectivity index is 2.16. The number of sulfone groups is 1. The lowest BCUT2D eigenvalue weighted by molar-refractivity contribution is 0.559. The zero-order chi connectivity index (χ0) is 14.0. The molecule has 1 saturated heterocycles. The summed E-state index contributed by atoms with van der Waals surface area (Å²) in [6, 6.07) is 4.72. The van der Waals surface area contributed by atoms with Gasteiger partial charge >= 0.3 is 0 Å². The highest BCUT2D eigenvalue weighted by Crippen LogP contribution is 2.24. The second kappa shape index (κ2) is 5.17. The van der Waals surface area contributed by atoms with Gasteiger partial charge in [0.25, 0.3) is 0 Å². The Morgan fingerprint density at radius 1 is 1.37 bits per heavy atom. The van der Waals surface area contributed by atoms with Gasteiger partial charge in [0.15, 0.2) is 0 Å². The van der Waals surface area contributed by atoms with E-state index < -0.39 is 15.7 Å². The first-order valence-corrected chi connectivity index (χ1v) is 7.90. The lowest BCUT2D eigenvalue weighted by Gasteiger charge is -2.25. The van der Waals surface area contributed by atoms with Crippen molar-refractivity contribution in [2.24, 2.45) is 0 Å². The van der Waals surface area contributed by atoms with Gasteiger partial charge in [0.1, 0.15) is 15.7 Å². The van der Waals surface area contributed by atoms with Crippen LogP contribution in [0.4, 0.5) is 10.1 Å². The Kier molecular flexibility index (Phi) is 3.76. The predicted octanol–water partition coefficient (Wildman–Crippen LogP) is 1.99. The van der Waals surface area contributed by atoms with Crippen molar-refractivity contribution in [2.75, 3.05) is 16.8 Å². The Morgan fingerprint density at radius 3 is 2.58 bits per heavy atom. The van der Waals surface area contributed by atoms with E-state index in [-0.39, 0.29) is 23.1 Å². The summed E-state index contributed by atoms with van der Waals surface area (Å²) in [5.74, 6) is -0.112. The van der Waals surface area contributed by atoms with E-state index in [9.17, 15) is 12.8 Å². The van der Waals surface area contributed by atoms with E-state index in [0.29, 0.717) is 24.1 Å². The summed E-state index contributed by atoms with van der Waals surface area (Å²) in [4.78, 5) is 0. The largest absolute Gasteiger partial charge is 0.382 e. The number of hydrogen-bond donors (Lipinski definition) is 1. The molecule has 0 radical (unpaired) electrons. The molecule has 0 aliphatic carbocycles. The van der Waals surface area contributed by atoms with Crippen molar-refractivity contribution in [1.82, 2.24) is 0 Å². The fourth-order valence-electron chi connectivity index (χ4n) is 2.15. The molecule has 6 heteroatoms. The molecule has 0 aromatic heterocycles. The summed E-state index contributed by atoms with van der Waals surface area (Å²) >= 11 is 0. The molecule has 1 fully saturated rings. The van der Waals surface area contributed by atoms with Crippen LogP contribution in [0.25, 0.3) is 0 Å². The normalized spacial score (nSPS) is 18.8. The second-order valence-electron chi connectivity index (χ2n) is 4.81. The number of rotatable bonds is 2. The van der Waals surface area contributed by atoms with Gasteiger partial charge < -0.3 is 5.32 Å². The lowest BCUT2D eigenvalue weighted by Crippen LogP contribution is -2.32. The third kappa shape index (κ3) is 3.24. The van der Waals surface area contributed by atoms with E-state index in [2.05, 4.69) is 5.32 Å². The molecule has 0 amide bonds. The van der Waals surface area contributed by atoms with Crippen LogP contribution in [0.15, 0.2) is 12.1 Å². The Hall–Kier alpha value is -1.61. The van der Waals surface area contributed by atoms with Crippen molar-refractivity contribution < 1.29 is 12.8 Å². The third-order valence-electron chi connectivity index (χ3n) is 3.39. The minimum absolute atomic E-state index is 0.00979. The molecule has 19 heavy (non-hydrogen) atoms. The van der Waals surface area contributed by atoms with Crippen LogP contribution < -0.4 is 5.32 Å². The third-order valence-corrected chi connectivity index (χ3v) is 5.10. The molecule has 1 aromatic rings. The van der Waals surface area contributed by atoms with E-state index in [1.807, 2.05) is 6.07 Å². The number of nitriles is 1. The van der Waals surface area contributed by atoms with Crippen molar-refractivity contribution >= 4 is 15.5 Å². The average molecular weight is 282 g/mol. The van der Waals surface area contributed by atoms with Gasteiger partial charge in [-0.1, -0.05) is 0 Å². The van der Waals surface area contributed by atoms with Crippen LogP contribution in [0, 0.1) is 24.1 Å². The molecule has 2 rings (SSSR count). The molecule has 0 bridgehead atoms. The number of benzene rings is 1. The fourth-order valence-corrected chi connectivity index (χ4v) is 3.64. The SMILES string of the molecule is Cc1c(F)cc(C#N)cc1NC1CCS(=O)(=O)CC1. The van der Waals surface area contributed by atoms with Gasteiger partial charge in [-0.25, -0.2) is 12.8 Å². The Morgan fingerprint density at radius 2 is 2.00 bits per heavy atom. The molecule has 1 aliphatic rings. The minimum atomic E-state index is -2.91. The summed E-state index contributed by atoms with van der Waals surface area (Å²) in [5.41, 5.74) is 1.28. The highest BCUT2D eigenvalue weighted by atomic mass is 32.2. The number of hydrogen-bond acceptors (Lipinski definition) is 4. The van der Waals surface area contributed by atoms with Gasteiger partial charge in [-0.3, -0.25) is 0 Å². The summed E-state index contributed by atoms with van der Waals surface area (Å²) in [6.45, 7) is 1.64. The molecule has 0 saturated carbocycles. The zero-order valence-corrected chi connectivity index (χ0v) is 11.4. The van der Waals surface area contributed by atoms with Gasteiger partial charge in [-0.2, -0.15) is 5.26 Å². The van der Waals surface area contributed by atoms with Crippen LogP contribution in [0.5, 0.6) is 0 Å². The molecule has 0 unspecified atom stereocenters. The van der Waals surface area contributed by atoms with Crippen LogP contribution >= 0.6 is 0 Å². The first kappa shape index (κ1) is 13.8. The Bertz CT molecular complexity index is 621. The van der Waals surface area contributed by atoms with Crippen LogP contribution in [0.2, 0.25) is 0 Å². The van der Waals surface area contributed by atoms with Gasteiger partial charge in [0.2, 0.25) is 0 Å². The van der Waals surface area contributed by atoms with Crippen LogP contribution in [-0.4, -0.2) is 26.0 Å². The van der Waals surface area contributed by atoms with Crippen molar-refractivity contribution in [2.45, 2.75) is 25.8 Å². The minimum Gasteiger partial charge on any atom is -0.382 e. The van der Waals surface area contributed by atoms with E-state index >= 15 is 0 Å². The van der Waals surface area contributed by atoms with Gasteiger partial charge in [0, 0.05) is 17.3 Å². The highest BCUT2D eigenvalue weighted by Gasteiger charge is 2.24. The molecule has 4 nitrogen and oxygen atoms in total. The molecule has 1 aliphatic heterocycles. The van der Waals surface area contributed by atoms with Crippen LogP contribution in [0.3, 0.4) is 0 Å². The molecule has 1 aromatic carbocycles. The summed E-state index contributed by atoms with van der Waals surface area (Å²) < 4.78 is 36.3. The van der Waals surface area contributed by atoms with Gasteiger partial charge in [-0.15, -0.1) is 0 Å². The molecular formula is C13H15FN2O2S. The summed E-state index contributed by atoms with van der Waals surface area (Å²) in [7, 11) is -2.91. The molecule has 0 spiro atoms. The molecule has 1 heterocycles. The van der Waals surface area contributed by atoms with E-state index in [1.165, 1.54) is 6.07 Å². The van der Waals surface area contributed by atoms with Gasteiger partial charge in [-0.05, 0) is 31.9 Å². The molecule has 102 valence electrons. The number of halogens is 1. The van der Waals surface area contributed by atoms with Crippen molar-refractivity contribution in [1.29, 1.82) is 5.26 Å². The first-order chi connectivity index (χ1) is 8.91. The highest BCUT2D eigenvalue weighted by molar-refractivity contribution is 7.91. The Labute approximate surface area is 112 Å². The monoisotopic (exact) mass is 282 g/mol. The first-order valence-electron chi connectivity index (χ1n) is 6.08. The second-order valence-corrected chi connectivity index (χ2v) is 7.12. The quantitative estimate of drug-likeness (QED) is 0.900. The smallest absolute Gasteiger partial charge is 0.150 e. The maximum absolute atomic E-state index is 13.6. The maximum Gasteiger partial charge on any atom is 0.150 e. The van der Waals surface area contributed by atoms with Crippen LogP contribution in [-0.2, 0) is 9.84 Å². The van der Waals surface area contributed by atoms with E-state index in [1.54, 1.807) is 13.0 Å². The number of nitrogens with one attached hydrogen (secondary N) is 1. The number of anilines is 1. The molecule has 0 atom stereocenters. The van der Waals surface area contributed by atoms with Gasteiger partial charge in [0.05, 0.1) is 23.1 Å². The lowest BCUT2D eigenvalue weighted by atomic mass is 10.1. The summed E-state index contributed by atoms with van der Waals surface area (Å²) in [6.07, 6.45) is 1.03. The molecular weight excluding hydrogens is 267 g/mol. The van der Waals surface area contributed by atoms with Crippen LogP contribution in [0.1, 0.15) is 24.0 Å². The summed E-state index contributed by atoms with van der Waals surface area (Å²) in [5, 5.41) is 12.0. The fraction of sp³-hybridized carbons (Fsp3) is 0.462. The zero-order valence-electron chi connectivity index (χ0n) is 10.6. The average Bonchev–Trinajstić information content (AvgIpc) is 2.37. The van der Waals surface area contributed by atoms with Crippen molar-refractivity contribution in [3.8, 4) is 6.07 Å². The standard InChI is InChI=1S/C13H15FN2O2S/c1-9-12(14)6-10(8-15)7-13(9)16-11-2-4-19(17,18)5-3-11/h6-7,11,16H,2-5H2,1H3. The van der Waals surface area contributed by atoms with E-state index in [4.69, 9.17) is 5.26 Å². The molecule has 1 N–H and O–H groups in total. The van der Waals surface area contributed by atoms with Crippen molar-refractivity contribution in [3.05, 3.63) is 29.1 Å². The topological polar surface area (TPSA) is 70.0 Å².